The summed E-state index contributed by atoms with van der Waals surface area (Å²) in [4.78, 5) is 48.6. The summed E-state index contributed by atoms with van der Waals surface area (Å²) in [5.41, 5.74) is 4.04. The Labute approximate surface area is 184 Å². The molecule has 0 spiro atoms. The van der Waals surface area contributed by atoms with Gasteiger partial charge >= 0.3 is 5.97 Å². The third-order valence-corrected chi connectivity index (χ3v) is 5.34. The fourth-order valence-electron chi connectivity index (χ4n) is 3.59. The quantitative estimate of drug-likeness (QED) is 0.692. The number of benzene rings is 2. The van der Waals surface area contributed by atoms with Crippen molar-refractivity contribution in [2.75, 3.05) is 11.6 Å². The molecule has 0 aromatic heterocycles. The van der Waals surface area contributed by atoms with E-state index in [2.05, 4.69) is 10.7 Å². The maximum atomic E-state index is 12.6. The molecule has 1 fully saturated rings. The number of nitrogens with zero attached hydrogens (tertiary/aromatic N) is 1. The Bertz CT molecular complexity index is 1050. The van der Waals surface area contributed by atoms with Gasteiger partial charge in [-0.15, -0.1) is 0 Å². The summed E-state index contributed by atoms with van der Waals surface area (Å²) in [5, 5.41) is 4.07. The fourth-order valence-corrected chi connectivity index (χ4v) is 3.59. The second kappa shape index (κ2) is 9.09. The van der Waals surface area contributed by atoms with Gasteiger partial charge in [0.15, 0.2) is 6.10 Å². The molecule has 2 aliphatic rings. The van der Waals surface area contributed by atoms with E-state index in [-0.39, 0.29) is 36.3 Å². The largest absolute Gasteiger partial charge is 0.493 e. The van der Waals surface area contributed by atoms with E-state index in [1.165, 1.54) is 31.2 Å². The number of anilines is 1. The molecule has 2 aromatic rings. The van der Waals surface area contributed by atoms with Gasteiger partial charge in [-0.3, -0.25) is 19.8 Å². The molecule has 2 heterocycles. The van der Waals surface area contributed by atoms with Crippen LogP contribution in [-0.2, 0) is 19.1 Å². The minimum absolute atomic E-state index is 0.125. The zero-order valence-corrected chi connectivity index (χ0v) is 17.5. The Hall–Kier alpha value is -3.88. The van der Waals surface area contributed by atoms with Gasteiger partial charge < -0.3 is 14.8 Å². The SMILES string of the molecule is CC(OC(=O)c1ccc(N2NC(=O)CCC2=O)cc1)C(=O)NC1CCOc2ccccc21. The van der Waals surface area contributed by atoms with E-state index < -0.39 is 18.0 Å². The van der Waals surface area contributed by atoms with Crippen LogP contribution in [0.5, 0.6) is 5.75 Å². The van der Waals surface area contributed by atoms with Crippen LogP contribution in [0.3, 0.4) is 0 Å². The molecule has 0 bridgehead atoms. The molecule has 2 N–H and O–H groups in total. The Kier molecular flexibility index (Phi) is 6.07. The van der Waals surface area contributed by atoms with Gasteiger partial charge in [0.1, 0.15) is 5.75 Å². The van der Waals surface area contributed by atoms with Gasteiger partial charge in [-0.2, -0.15) is 0 Å². The molecule has 4 rings (SSSR count). The standard InChI is InChI=1S/C23H23N3O6/c1-14(22(29)24-18-12-13-31-19-5-3-2-4-17(18)19)32-23(30)15-6-8-16(9-7-15)26-21(28)11-10-20(27)25-26/h2-9,14,18H,10-13H2,1H3,(H,24,29)(H,25,27). The van der Waals surface area contributed by atoms with Crippen molar-refractivity contribution in [2.45, 2.75) is 38.3 Å². The molecule has 32 heavy (non-hydrogen) atoms. The first kappa shape index (κ1) is 21.4. The number of carbonyl (C=O) groups is 4. The number of hydrogen-bond donors (Lipinski definition) is 2. The van der Waals surface area contributed by atoms with E-state index in [9.17, 15) is 19.2 Å². The van der Waals surface area contributed by atoms with Gasteiger partial charge in [0.2, 0.25) is 11.8 Å². The second-order valence-corrected chi connectivity index (χ2v) is 7.59. The highest BCUT2D eigenvalue weighted by Crippen LogP contribution is 2.31. The number of amides is 3. The summed E-state index contributed by atoms with van der Waals surface area (Å²) in [5.74, 6) is -0.823. The van der Waals surface area contributed by atoms with E-state index >= 15 is 0 Å². The predicted molar refractivity (Wildman–Crippen MR) is 114 cm³/mol. The third-order valence-electron chi connectivity index (χ3n) is 5.34. The maximum absolute atomic E-state index is 12.6. The minimum atomic E-state index is -1.000. The highest BCUT2D eigenvalue weighted by atomic mass is 16.5. The number of esters is 1. The van der Waals surface area contributed by atoms with Crippen LogP contribution in [0.2, 0.25) is 0 Å². The van der Waals surface area contributed by atoms with Crippen LogP contribution in [-0.4, -0.2) is 36.4 Å². The van der Waals surface area contributed by atoms with Crippen molar-refractivity contribution >= 4 is 29.4 Å². The van der Waals surface area contributed by atoms with E-state index in [4.69, 9.17) is 9.47 Å². The lowest BCUT2D eigenvalue weighted by Crippen LogP contribution is -2.50. The summed E-state index contributed by atoms with van der Waals surface area (Å²) < 4.78 is 10.9. The van der Waals surface area contributed by atoms with Crippen LogP contribution in [0.4, 0.5) is 5.69 Å². The van der Waals surface area contributed by atoms with Crippen molar-refractivity contribution < 1.29 is 28.7 Å². The molecule has 2 unspecified atom stereocenters. The van der Waals surface area contributed by atoms with Crippen LogP contribution in [0.15, 0.2) is 48.5 Å². The number of para-hydroxylation sites is 1. The summed E-state index contributed by atoms with van der Waals surface area (Å²) in [7, 11) is 0. The van der Waals surface area contributed by atoms with Crippen molar-refractivity contribution in [1.82, 2.24) is 10.7 Å². The van der Waals surface area contributed by atoms with Crippen LogP contribution < -0.4 is 20.5 Å². The molecule has 1 saturated heterocycles. The first-order valence-electron chi connectivity index (χ1n) is 10.4. The number of carbonyl (C=O) groups excluding carboxylic acids is 4. The van der Waals surface area contributed by atoms with E-state index in [1.807, 2.05) is 24.3 Å². The Morgan fingerprint density at radius 3 is 2.66 bits per heavy atom. The van der Waals surface area contributed by atoms with E-state index in [0.717, 1.165) is 16.3 Å². The highest BCUT2D eigenvalue weighted by molar-refractivity contribution is 6.01. The van der Waals surface area contributed by atoms with E-state index in [1.54, 1.807) is 0 Å². The Balaban J connectivity index is 1.36. The van der Waals surface area contributed by atoms with Gasteiger partial charge in [0.25, 0.3) is 5.91 Å². The number of ether oxygens (including phenoxy) is 2. The molecule has 2 aromatic carbocycles. The molecule has 0 saturated carbocycles. The van der Waals surface area contributed by atoms with Crippen molar-refractivity contribution in [3.63, 3.8) is 0 Å². The number of nitrogens with one attached hydrogen (secondary N) is 2. The number of hydrogen-bond acceptors (Lipinski definition) is 6. The molecular weight excluding hydrogens is 414 g/mol. The molecule has 2 atom stereocenters. The Morgan fingerprint density at radius 2 is 1.88 bits per heavy atom. The molecule has 2 aliphatic heterocycles. The highest BCUT2D eigenvalue weighted by Gasteiger charge is 2.27. The van der Waals surface area contributed by atoms with Crippen LogP contribution in [0, 0.1) is 0 Å². The fraction of sp³-hybridized carbons (Fsp3) is 0.304. The molecular formula is C23H23N3O6. The molecule has 3 amide bonds. The predicted octanol–water partition coefficient (Wildman–Crippen LogP) is 2.03. The Morgan fingerprint density at radius 1 is 1.12 bits per heavy atom. The summed E-state index contributed by atoms with van der Waals surface area (Å²) in [6.45, 7) is 2.00. The van der Waals surface area contributed by atoms with E-state index in [0.29, 0.717) is 18.7 Å². The lowest BCUT2D eigenvalue weighted by molar-refractivity contribution is -0.130. The van der Waals surface area contributed by atoms with Crippen LogP contribution in [0.25, 0.3) is 0 Å². The monoisotopic (exact) mass is 437 g/mol. The van der Waals surface area contributed by atoms with Crippen molar-refractivity contribution in [2.24, 2.45) is 0 Å². The molecule has 0 radical (unpaired) electrons. The molecule has 9 heteroatoms. The second-order valence-electron chi connectivity index (χ2n) is 7.59. The van der Waals surface area contributed by atoms with Crippen molar-refractivity contribution in [1.29, 1.82) is 0 Å². The average molecular weight is 437 g/mol. The van der Waals surface area contributed by atoms with Crippen molar-refractivity contribution in [3.8, 4) is 5.75 Å². The number of hydrazine groups is 1. The van der Waals surface area contributed by atoms with Gasteiger partial charge in [-0.1, -0.05) is 18.2 Å². The third kappa shape index (κ3) is 4.56. The van der Waals surface area contributed by atoms with Crippen molar-refractivity contribution in [3.05, 3.63) is 59.7 Å². The summed E-state index contributed by atoms with van der Waals surface area (Å²) in [6.07, 6.45) is -0.101. The normalized spacial score (nSPS) is 18.7. The van der Waals surface area contributed by atoms with Gasteiger partial charge in [0.05, 0.1) is 23.9 Å². The lowest BCUT2D eigenvalue weighted by Gasteiger charge is -2.27. The molecule has 166 valence electrons. The zero-order valence-electron chi connectivity index (χ0n) is 17.5. The number of fused-ring (bicyclic) bond motifs is 1. The van der Waals surface area contributed by atoms with Gasteiger partial charge in [-0.25, -0.2) is 9.80 Å². The minimum Gasteiger partial charge on any atom is -0.493 e. The van der Waals surface area contributed by atoms with Gasteiger partial charge in [-0.05, 0) is 37.3 Å². The first-order chi connectivity index (χ1) is 15.4. The van der Waals surface area contributed by atoms with Gasteiger partial charge in [0, 0.05) is 24.8 Å². The summed E-state index contributed by atoms with van der Waals surface area (Å²) >= 11 is 0. The zero-order chi connectivity index (χ0) is 22.7. The van der Waals surface area contributed by atoms with Crippen LogP contribution >= 0.6 is 0 Å². The maximum Gasteiger partial charge on any atom is 0.338 e. The molecule has 0 aliphatic carbocycles. The first-order valence-corrected chi connectivity index (χ1v) is 10.4. The topological polar surface area (TPSA) is 114 Å². The number of rotatable bonds is 5. The lowest BCUT2D eigenvalue weighted by atomic mass is 10.0. The summed E-state index contributed by atoms with van der Waals surface area (Å²) in [6, 6.07) is 13.3. The average Bonchev–Trinajstić information content (AvgIpc) is 2.81. The molecule has 9 nitrogen and oxygen atoms in total. The van der Waals surface area contributed by atoms with Crippen LogP contribution in [0.1, 0.15) is 48.1 Å². The smallest absolute Gasteiger partial charge is 0.338 e.